The summed E-state index contributed by atoms with van der Waals surface area (Å²) in [5, 5.41) is -0.120. The fraction of sp³-hybridized carbons (Fsp3) is 0.200. The predicted molar refractivity (Wildman–Crippen MR) is 109 cm³/mol. The molecule has 0 saturated carbocycles. The Morgan fingerprint density at radius 1 is 0.967 bits per heavy atom. The fourth-order valence-corrected chi connectivity index (χ4v) is 3.61. The van der Waals surface area contributed by atoms with Crippen LogP contribution in [-0.2, 0) is 29.2 Å². The first-order valence-electron chi connectivity index (χ1n) is 8.40. The summed E-state index contributed by atoms with van der Waals surface area (Å²) < 4.78 is 44.7. The predicted octanol–water partition coefficient (Wildman–Crippen LogP) is 3.15. The van der Waals surface area contributed by atoms with Crippen LogP contribution >= 0.6 is 11.6 Å². The third kappa shape index (κ3) is 5.31. The van der Waals surface area contributed by atoms with Crippen molar-refractivity contribution in [3.05, 3.63) is 58.1 Å². The molecule has 0 aliphatic rings. The Morgan fingerprint density at radius 3 is 2.03 bits per heavy atom. The van der Waals surface area contributed by atoms with Gasteiger partial charge in [-0.2, -0.15) is 8.42 Å². The van der Waals surface area contributed by atoms with Crippen LogP contribution in [0.15, 0.2) is 46.9 Å². The highest BCUT2D eigenvalue weighted by atomic mass is 35.5. The summed E-state index contributed by atoms with van der Waals surface area (Å²) in [6.07, 6.45) is 1.17. The van der Waals surface area contributed by atoms with Crippen molar-refractivity contribution in [3.63, 3.8) is 0 Å². The molecule has 30 heavy (non-hydrogen) atoms. The number of hydrogen-bond acceptors (Lipinski definition) is 8. The van der Waals surface area contributed by atoms with E-state index in [1.54, 1.807) is 12.1 Å². The van der Waals surface area contributed by atoms with E-state index in [4.69, 9.17) is 20.5 Å². The lowest BCUT2D eigenvalue weighted by molar-refractivity contribution is -0.143. The number of esters is 2. The average molecular weight is 455 g/mol. The van der Waals surface area contributed by atoms with Crippen molar-refractivity contribution in [2.24, 2.45) is 0 Å². The van der Waals surface area contributed by atoms with Crippen molar-refractivity contribution in [1.29, 1.82) is 0 Å². The quantitative estimate of drug-likeness (QED) is 0.206. The molecule has 2 aromatic rings. The maximum absolute atomic E-state index is 12.6. The Morgan fingerprint density at radius 2 is 1.53 bits per heavy atom. The Kier molecular flexibility index (Phi) is 7.47. The minimum absolute atomic E-state index is 0.0291. The monoisotopic (exact) mass is 454 g/mol. The van der Waals surface area contributed by atoms with Gasteiger partial charge >= 0.3 is 22.1 Å². The Balaban J connectivity index is 2.50. The molecular weight excluding hydrogens is 436 g/mol. The highest BCUT2D eigenvalue weighted by Crippen LogP contribution is 2.39. The average Bonchev–Trinajstić information content (AvgIpc) is 2.72. The van der Waals surface area contributed by atoms with Gasteiger partial charge in [-0.25, -0.2) is 9.59 Å². The van der Waals surface area contributed by atoms with E-state index in [9.17, 15) is 18.0 Å². The van der Waals surface area contributed by atoms with Gasteiger partial charge in [0.05, 0.1) is 26.4 Å². The standard InChI is InChI=1S/C20H19ClO8S/c1-12-5-7-14(8-6-12)30(24,25)29-18-16(21)10-13(11-17(18)26-2)9-15(19(22)27-3)20(23)28-4/h5-11H,1-4H3. The summed E-state index contributed by atoms with van der Waals surface area (Å²) >= 11 is 6.21. The zero-order chi connectivity index (χ0) is 22.5. The van der Waals surface area contributed by atoms with E-state index < -0.39 is 22.1 Å². The number of halogens is 1. The molecule has 0 N–H and O–H groups in total. The lowest BCUT2D eigenvalue weighted by Crippen LogP contribution is -2.15. The maximum atomic E-state index is 12.6. The molecule has 0 aromatic heterocycles. The molecule has 0 radical (unpaired) electrons. The molecule has 2 rings (SSSR count). The summed E-state index contributed by atoms with van der Waals surface area (Å²) in [7, 11) is -0.679. The summed E-state index contributed by atoms with van der Waals surface area (Å²) in [6.45, 7) is 1.82. The van der Waals surface area contributed by atoms with Crippen molar-refractivity contribution in [1.82, 2.24) is 0 Å². The third-order valence-corrected chi connectivity index (χ3v) is 5.39. The van der Waals surface area contributed by atoms with Gasteiger partial charge in [-0.1, -0.05) is 29.3 Å². The first-order valence-corrected chi connectivity index (χ1v) is 10.2. The Hall–Kier alpha value is -3.04. The molecule has 8 nitrogen and oxygen atoms in total. The van der Waals surface area contributed by atoms with Crippen LogP contribution in [0.3, 0.4) is 0 Å². The molecule has 0 heterocycles. The van der Waals surface area contributed by atoms with Crippen LogP contribution in [0.4, 0.5) is 0 Å². The second kappa shape index (κ2) is 9.64. The van der Waals surface area contributed by atoms with Crippen LogP contribution in [-0.4, -0.2) is 41.7 Å². The number of aryl methyl sites for hydroxylation is 1. The minimum Gasteiger partial charge on any atom is -0.493 e. The van der Waals surface area contributed by atoms with Gasteiger partial charge in [0.1, 0.15) is 10.5 Å². The zero-order valence-corrected chi connectivity index (χ0v) is 18.2. The van der Waals surface area contributed by atoms with E-state index in [2.05, 4.69) is 9.47 Å². The number of methoxy groups -OCH3 is 3. The van der Waals surface area contributed by atoms with Crippen LogP contribution in [0, 0.1) is 6.92 Å². The van der Waals surface area contributed by atoms with Crippen molar-refractivity contribution < 1.29 is 36.4 Å². The minimum atomic E-state index is -4.18. The molecule has 0 aliphatic heterocycles. The summed E-state index contributed by atoms with van der Waals surface area (Å²) in [4.78, 5) is 23.6. The van der Waals surface area contributed by atoms with Gasteiger partial charge in [0, 0.05) is 0 Å². The molecule has 0 unspecified atom stereocenters. The Labute approximate surface area is 179 Å². The largest absolute Gasteiger partial charge is 0.493 e. The molecule has 0 atom stereocenters. The van der Waals surface area contributed by atoms with E-state index >= 15 is 0 Å². The number of hydrogen-bond donors (Lipinski definition) is 0. The smallest absolute Gasteiger partial charge is 0.345 e. The van der Waals surface area contributed by atoms with Gasteiger partial charge < -0.3 is 18.4 Å². The molecule has 0 spiro atoms. The lowest BCUT2D eigenvalue weighted by Gasteiger charge is -2.13. The highest BCUT2D eigenvalue weighted by Gasteiger charge is 2.24. The first kappa shape index (κ1) is 23.2. The van der Waals surface area contributed by atoms with Crippen LogP contribution in [0.1, 0.15) is 11.1 Å². The van der Waals surface area contributed by atoms with Crippen molar-refractivity contribution in [2.45, 2.75) is 11.8 Å². The van der Waals surface area contributed by atoms with Gasteiger partial charge in [0.15, 0.2) is 5.75 Å². The topological polar surface area (TPSA) is 105 Å². The van der Waals surface area contributed by atoms with Crippen molar-refractivity contribution in [2.75, 3.05) is 21.3 Å². The molecule has 0 fully saturated rings. The fourth-order valence-electron chi connectivity index (χ4n) is 2.35. The van der Waals surface area contributed by atoms with Crippen LogP contribution in [0.25, 0.3) is 6.08 Å². The zero-order valence-electron chi connectivity index (χ0n) is 16.6. The second-order valence-corrected chi connectivity index (χ2v) is 7.88. The number of carbonyl (C=O) groups excluding carboxylic acids is 2. The van der Waals surface area contributed by atoms with Gasteiger partial charge in [-0.3, -0.25) is 0 Å². The van der Waals surface area contributed by atoms with Gasteiger partial charge in [-0.15, -0.1) is 0 Å². The molecule has 0 aliphatic carbocycles. The van der Waals surface area contributed by atoms with Gasteiger partial charge in [-0.05, 0) is 42.8 Å². The number of ether oxygens (including phenoxy) is 3. The molecule has 0 bridgehead atoms. The normalized spacial score (nSPS) is 10.7. The van der Waals surface area contributed by atoms with E-state index in [1.807, 2.05) is 6.92 Å². The van der Waals surface area contributed by atoms with Gasteiger partial charge in [0.2, 0.25) is 5.75 Å². The second-order valence-electron chi connectivity index (χ2n) is 5.93. The molecule has 160 valence electrons. The van der Waals surface area contributed by atoms with Crippen LogP contribution in [0.2, 0.25) is 5.02 Å². The first-order chi connectivity index (χ1) is 14.1. The number of carbonyl (C=O) groups is 2. The summed E-state index contributed by atoms with van der Waals surface area (Å²) in [6, 6.07) is 8.71. The maximum Gasteiger partial charge on any atom is 0.345 e. The van der Waals surface area contributed by atoms with E-state index in [0.717, 1.165) is 19.8 Å². The van der Waals surface area contributed by atoms with Crippen molar-refractivity contribution >= 4 is 39.7 Å². The summed E-state index contributed by atoms with van der Waals surface area (Å²) in [5.74, 6) is -2.11. The van der Waals surface area contributed by atoms with E-state index in [0.29, 0.717) is 0 Å². The lowest BCUT2D eigenvalue weighted by atomic mass is 10.1. The molecule has 0 saturated heterocycles. The van der Waals surface area contributed by atoms with Gasteiger partial charge in [0.25, 0.3) is 0 Å². The molecule has 0 amide bonds. The summed E-state index contributed by atoms with van der Waals surface area (Å²) in [5.41, 5.74) is 0.745. The molecule has 10 heteroatoms. The molecular formula is C20H19ClO8S. The number of benzene rings is 2. The third-order valence-electron chi connectivity index (χ3n) is 3.88. The SMILES string of the molecule is COC(=O)C(=Cc1cc(Cl)c(OS(=O)(=O)c2ccc(C)cc2)c(OC)c1)C(=O)OC. The van der Waals surface area contributed by atoms with Crippen molar-refractivity contribution in [3.8, 4) is 11.5 Å². The molecule has 2 aromatic carbocycles. The van der Waals surface area contributed by atoms with E-state index in [1.165, 1.54) is 37.5 Å². The Bertz CT molecular complexity index is 1070. The number of rotatable bonds is 7. The van der Waals surface area contributed by atoms with E-state index in [-0.39, 0.29) is 32.6 Å². The highest BCUT2D eigenvalue weighted by molar-refractivity contribution is 7.87. The van der Waals surface area contributed by atoms with Crippen LogP contribution < -0.4 is 8.92 Å². The van der Waals surface area contributed by atoms with Crippen LogP contribution in [0.5, 0.6) is 11.5 Å².